The molecule has 6 aromatic carbocycles. The normalized spacial score (nSPS) is 18.0. The van der Waals surface area contributed by atoms with Crippen LogP contribution in [0, 0.1) is 0 Å². The number of benzene rings is 6. The summed E-state index contributed by atoms with van der Waals surface area (Å²) >= 11 is 0. The van der Waals surface area contributed by atoms with Crippen LogP contribution < -0.4 is 0 Å². The number of hydrogen-bond donors (Lipinski definition) is 0. The van der Waals surface area contributed by atoms with Crippen LogP contribution in [0.1, 0.15) is 135 Å². The van der Waals surface area contributed by atoms with Crippen molar-refractivity contribution in [2.45, 2.75) is 94.2 Å². The topological polar surface area (TPSA) is 175 Å². The number of Topliss-reactive ketones (excluding diaryl/α,β-unsaturated/α-hetero) is 4. The van der Waals surface area contributed by atoms with Crippen LogP contribution in [0.3, 0.4) is 0 Å². The van der Waals surface area contributed by atoms with Crippen LogP contribution in [0.4, 0.5) is 0 Å². The summed E-state index contributed by atoms with van der Waals surface area (Å²) in [4.78, 5) is 64.4. The predicted molar refractivity (Wildman–Crippen MR) is 394 cm³/mol. The van der Waals surface area contributed by atoms with Gasteiger partial charge in [-0.05, 0) is 175 Å². The van der Waals surface area contributed by atoms with E-state index >= 15 is 0 Å². The summed E-state index contributed by atoms with van der Waals surface area (Å²) in [5.74, 6) is 15.0. The number of pyridine rings is 3. The van der Waals surface area contributed by atoms with Crippen molar-refractivity contribution < 1.29 is 36.0 Å². The maximum Gasteiger partial charge on any atom is 0.185 e. The monoisotopic (exact) mass is 1310 g/mol. The average molecular weight is 1310 g/mol. The van der Waals surface area contributed by atoms with E-state index in [4.69, 9.17) is 0 Å². The van der Waals surface area contributed by atoms with E-state index in [1.54, 1.807) is 82.8 Å². The molecule has 0 radical (unpaired) electrons. The lowest BCUT2D eigenvalue weighted by Gasteiger charge is -2.07. The lowest BCUT2D eigenvalue weighted by molar-refractivity contribution is 0.0981. The smallest absolute Gasteiger partial charge is 0.185 e. The van der Waals surface area contributed by atoms with Gasteiger partial charge in [-0.25, -0.2) is 0 Å². The molecule has 0 N–H and O–H groups in total. The van der Waals surface area contributed by atoms with Gasteiger partial charge in [-0.15, -0.1) is 0 Å². The minimum atomic E-state index is -2.37. The first kappa shape index (κ1) is 72.6. The zero-order valence-corrected chi connectivity index (χ0v) is 55.8. The van der Waals surface area contributed by atoms with Crippen molar-refractivity contribution in [3.05, 3.63) is 289 Å². The van der Waals surface area contributed by atoms with Crippen molar-refractivity contribution in [2.75, 3.05) is 0 Å². The van der Waals surface area contributed by atoms with Gasteiger partial charge >= 0.3 is 0 Å². The number of carbonyl (C=O) groups excluding carboxylic acids is 4. The Labute approximate surface area is 550 Å². The molecule has 0 saturated carbocycles. The number of ketones is 4. The molecule has 7 heterocycles. The number of nitrogens with zero attached hydrogens (tertiary/aromatic N) is 3. The molecule has 478 valence electrons. The highest BCUT2D eigenvalue weighted by Gasteiger charge is 2.21. The quantitative estimate of drug-likeness (QED) is 0.0793. The second-order valence-corrected chi connectivity index (χ2v) is 29.3. The zero-order valence-electron chi connectivity index (χ0n) is 52.6. The summed E-state index contributed by atoms with van der Waals surface area (Å²) in [5, 5.41) is 6.53. The fourth-order valence-corrected chi connectivity index (χ4v) is 15.3. The van der Waals surface area contributed by atoms with E-state index in [2.05, 4.69) is 38.4 Å². The molecule has 13 rings (SSSR count). The van der Waals surface area contributed by atoms with Gasteiger partial charge in [0.25, 0.3) is 0 Å². The molecule has 93 heavy (non-hydrogen) atoms. The van der Waals surface area contributed by atoms with E-state index in [1.807, 2.05) is 205 Å². The van der Waals surface area contributed by atoms with Crippen molar-refractivity contribution in [1.29, 1.82) is 0 Å². The van der Waals surface area contributed by atoms with Gasteiger partial charge in [0.1, 0.15) is 5.69 Å². The molecular weight excluding hydrogens is 1240 g/mol. The first-order chi connectivity index (χ1) is 44.2. The van der Waals surface area contributed by atoms with Gasteiger partial charge < -0.3 is 0 Å². The van der Waals surface area contributed by atoms with Crippen molar-refractivity contribution in [2.24, 2.45) is 0 Å². The molecule has 4 aliphatic rings. The molecule has 0 aliphatic carbocycles. The second kappa shape index (κ2) is 33.2. The van der Waals surface area contributed by atoms with Crippen molar-refractivity contribution in [3.8, 4) is 11.3 Å². The van der Waals surface area contributed by atoms with Gasteiger partial charge in [-0.2, -0.15) is 0 Å². The van der Waals surface area contributed by atoms with Gasteiger partial charge in [0.15, 0.2) is 23.1 Å². The average Bonchev–Trinajstić information content (AvgIpc) is 1.71. The van der Waals surface area contributed by atoms with Gasteiger partial charge in [0.2, 0.25) is 0 Å². The zero-order chi connectivity index (χ0) is 66.6. The Kier molecular flexibility index (Phi) is 25.9. The van der Waals surface area contributed by atoms with Crippen molar-refractivity contribution in [1.82, 2.24) is 15.0 Å². The van der Waals surface area contributed by atoms with Crippen LogP contribution in [0.5, 0.6) is 0 Å². The SMILES string of the molecule is C.C=S1(=O)C=Cc2ccc(CC(=O)c3ccccc3)cc21.C=S1(=O)C=Cc2ccc(CC(=O)c3ccccn3)cc21.C=S1(=O)C=Cc2ccc(CC(=O)c3cccnc3)cc21.C=S1(=O)C=Cc2ccc(CC(=O)c3ccnc(-c4ccccc4)c3)cc21.CC.CC.CC. The lowest BCUT2D eigenvalue weighted by atomic mass is 10.0. The Hall–Kier alpha value is -9.51. The fraction of sp³-hybridized carbons (Fsp3) is 0.141. The first-order valence-corrected chi connectivity index (χ1v) is 37.1. The second-order valence-electron chi connectivity index (χ2n) is 20.6. The molecule has 11 nitrogen and oxygen atoms in total. The Bertz CT molecular complexity index is 4420. The van der Waals surface area contributed by atoms with Crippen LogP contribution >= 0.6 is 0 Å². The maximum absolute atomic E-state index is 12.7. The molecular formula is C78H79N3O8S4. The van der Waals surface area contributed by atoms with E-state index in [-0.39, 0.29) is 49.8 Å². The standard InChI is InChI=1S/C22H17NO2S.C17H14O2S.2C16H13NO2S.3C2H6.CH4/c1-26(25)12-10-18-8-7-16(14-22(18)26)13-21(24)19-9-11-23-20(15-19)17-5-3-2-4-6-17;1-20(19)10-9-15-8-7-13(12-17(15)20)11-16(18)14-5-3-2-4-6-14;1-20(19)8-6-13-5-4-12(10-16(13)20)9-15(18)14-3-2-7-17-11-14;1-20(19)9-7-13-6-5-12(11-16(13)20)10-15(18)14-4-2-3-8-17-14;3*1-2;/h2-12,14-15H,1,13H2;2-10,12H,1,11H2;2-8,10-11H,1,9H2;2-9,11H,1,10H2;3*1-2H3;1H4. The molecule has 0 fully saturated rings. The predicted octanol–water partition coefficient (Wildman–Crippen LogP) is 16.3. The van der Waals surface area contributed by atoms with Crippen LogP contribution in [-0.4, -0.2) is 78.4 Å². The highest BCUT2D eigenvalue weighted by Crippen LogP contribution is 2.32. The molecule has 0 bridgehead atoms. The third-order valence-electron chi connectivity index (χ3n) is 14.3. The van der Waals surface area contributed by atoms with Gasteiger partial charge in [0, 0.05) is 130 Å². The van der Waals surface area contributed by atoms with E-state index in [0.29, 0.717) is 43.5 Å². The van der Waals surface area contributed by atoms with E-state index in [1.165, 1.54) is 0 Å². The summed E-state index contributed by atoms with van der Waals surface area (Å²) in [6, 6.07) is 53.7. The fourth-order valence-electron chi connectivity index (χ4n) is 9.72. The molecule has 9 aromatic rings. The molecule has 4 atom stereocenters. The molecule has 15 heteroatoms. The summed E-state index contributed by atoms with van der Waals surface area (Å²) in [6.45, 7) is 12.0. The van der Waals surface area contributed by atoms with Crippen molar-refractivity contribution >= 4 is 109 Å². The summed E-state index contributed by atoms with van der Waals surface area (Å²) < 4.78 is 49.1. The molecule has 0 amide bonds. The van der Waals surface area contributed by atoms with Crippen LogP contribution in [0.2, 0.25) is 0 Å². The number of hydrogen-bond acceptors (Lipinski definition) is 11. The van der Waals surface area contributed by atoms with Crippen LogP contribution in [-0.2, 0) is 63.8 Å². The van der Waals surface area contributed by atoms with Gasteiger partial charge in [-0.1, -0.05) is 164 Å². The van der Waals surface area contributed by atoms with Crippen molar-refractivity contribution in [3.63, 3.8) is 0 Å². The largest absolute Gasteiger partial charge is 0.294 e. The third kappa shape index (κ3) is 18.8. The van der Waals surface area contributed by atoms with Gasteiger partial charge in [0.05, 0.1) is 5.69 Å². The minimum Gasteiger partial charge on any atom is -0.294 e. The van der Waals surface area contributed by atoms with Gasteiger partial charge in [-0.3, -0.25) is 51.0 Å². The molecule has 0 spiro atoms. The Morgan fingerprint density at radius 2 is 0.720 bits per heavy atom. The van der Waals surface area contributed by atoms with Crippen LogP contribution in [0.25, 0.3) is 35.6 Å². The van der Waals surface area contributed by atoms with E-state index in [0.717, 1.165) is 60.7 Å². The number of fused-ring (bicyclic) bond motifs is 4. The van der Waals surface area contributed by atoms with Crippen LogP contribution in [0.15, 0.2) is 242 Å². The summed E-state index contributed by atoms with van der Waals surface area (Å²) in [7, 11) is -9.36. The molecule has 0 saturated heterocycles. The molecule has 4 aliphatic heterocycles. The minimum absolute atomic E-state index is 0. The Morgan fingerprint density at radius 1 is 0.355 bits per heavy atom. The highest BCUT2D eigenvalue weighted by molar-refractivity contribution is 8.04. The van der Waals surface area contributed by atoms with E-state index < -0.39 is 38.1 Å². The molecule has 4 unspecified atom stereocenters. The Morgan fingerprint density at radius 3 is 1.11 bits per heavy atom. The summed E-state index contributed by atoms with van der Waals surface area (Å²) in [5.41, 5.74) is 11.2. The number of rotatable bonds is 13. The maximum atomic E-state index is 12.7. The number of carbonyl (C=O) groups is 4. The number of aromatic nitrogens is 3. The highest BCUT2D eigenvalue weighted by atomic mass is 32.2. The lowest BCUT2D eigenvalue weighted by Crippen LogP contribution is -2.06. The van der Waals surface area contributed by atoms with E-state index in [9.17, 15) is 36.0 Å². The third-order valence-corrected chi connectivity index (χ3v) is 21.0. The summed E-state index contributed by atoms with van der Waals surface area (Å²) in [6.07, 6.45) is 14.8. The first-order valence-electron chi connectivity index (χ1n) is 29.9. The Balaban J connectivity index is 0.000000192. The molecule has 3 aromatic heterocycles.